The Kier molecular flexibility index (Phi) is 44.5. The lowest BCUT2D eigenvalue weighted by Gasteiger charge is -2.18. The first kappa shape index (κ1) is 62.3. The van der Waals surface area contributed by atoms with E-state index in [4.69, 9.17) is 23.7 Å². The van der Waals surface area contributed by atoms with E-state index in [0.29, 0.717) is 57.2 Å². The van der Waals surface area contributed by atoms with Gasteiger partial charge in [0.2, 0.25) is 0 Å². The lowest BCUT2D eigenvalue weighted by molar-refractivity contribution is -0.167. The number of unbranched alkanes of at least 4 members (excludes halogenated alkanes) is 19. The highest BCUT2D eigenvalue weighted by Crippen LogP contribution is 2.21. The molecule has 0 N–H and O–H groups in total. The first-order valence-electron chi connectivity index (χ1n) is 27.0. The summed E-state index contributed by atoms with van der Waals surface area (Å²) in [6.45, 7) is 10.3. The van der Waals surface area contributed by atoms with Crippen molar-refractivity contribution in [1.82, 2.24) is 4.90 Å². The van der Waals surface area contributed by atoms with Crippen LogP contribution in [-0.2, 0) is 47.7 Å². The van der Waals surface area contributed by atoms with Gasteiger partial charge >= 0.3 is 29.8 Å². The van der Waals surface area contributed by atoms with Crippen LogP contribution in [0.1, 0.15) is 252 Å². The highest BCUT2D eigenvalue weighted by molar-refractivity contribution is 5.71. The predicted octanol–water partition coefficient (Wildman–Crippen LogP) is 13.6. The van der Waals surface area contributed by atoms with Crippen LogP contribution in [0, 0.1) is 11.8 Å². The second kappa shape index (κ2) is 46.4. The van der Waals surface area contributed by atoms with Crippen LogP contribution < -0.4 is 0 Å². The lowest BCUT2D eigenvalue weighted by Crippen LogP contribution is -2.31. The minimum atomic E-state index is -0.884. The maximum Gasteiger partial charge on any atom is 0.306 e. The quantitative estimate of drug-likeness (QED) is 0.0328. The molecule has 0 rings (SSSR count). The summed E-state index contributed by atoms with van der Waals surface area (Å²) in [4.78, 5) is 64.7. The van der Waals surface area contributed by atoms with E-state index in [0.717, 1.165) is 83.6 Å². The van der Waals surface area contributed by atoms with Crippen LogP contribution in [0.3, 0.4) is 0 Å². The summed E-state index contributed by atoms with van der Waals surface area (Å²) in [5.74, 6) is -0.545. The van der Waals surface area contributed by atoms with Gasteiger partial charge in [-0.15, -0.1) is 0 Å². The van der Waals surface area contributed by atoms with Gasteiger partial charge in [-0.1, -0.05) is 163 Å². The predicted molar refractivity (Wildman–Crippen MR) is 264 cm³/mol. The number of nitrogens with zero attached hydrogens (tertiary/aromatic N) is 1. The largest absolute Gasteiger partial charge is 0.465 e. The smallest absolute Gasteiger partial charge is 0.306 e. The third-order valence-electron chi connectivity index (χ3n) is 12.2. The summed E-state index contributed by atoms with van der Waals surface area (Å²) in [7, 11) is 3.87. The molecule has 382 valence electrons. The molecule has 0 aliphatic rings. The zero-order valence-corrected chi connectivity index (χ0v) is 43.0. The Morgan fingerprint density at radius 2 is 0.631 bits per heavy atom. The minimum absolute atomic E-state index is 0.113. The van der Waals surface area contributed by atoms with Gasteiger partial charge in [0, 0.05) is 32.1 Å². The van der Waals surface area contributed by atoms with E-state index in [2.05, 4.69) is 27.7 Å². The molecular weight excluding hydrogens is 823 g/mol. The number of carbonyl (C=O) groups is 5. The second-order valence-electron chi connectivity index (χ2n) is 19.1. The van der Waals surface area contributed by atoms with Gasteiger partial charge in [-0.2, -0.15) is 0 Å². The summed E-state index contributed by atoms with van der Waals surface area (Å²) in [5.41, 5.74) is 0. The molecule has 0 aromatic rings. The Morgan fingerprint density at radius 1 is 0.338 bits per heavy atom. The Bertz CT molecular complexity index is 1150. The Morgan fingerprint density at radius 3 is 1.00 bits per heavy atom. The standard InChI is InChI=1S/C54H101NO10/c1-7-11-15-18-20-27-36-48(35-26-17-13-9-3)44-62-51(57)38-30-23-24-31-40-53(59)64-46-49(65-54(60)41-32-42-55(5)6)45-63-52(58)39-29-22-19-21-28-37-50(56)61-43-47(33-14-10-4)34-25-16-12-8-2/h47-49H,7-46H2,1-6H3. The lowest BCUT2D eigenvalue weighted by atomic mass is 9.95. The maximum atomic E-state index is 12.6. The average molecular weight is 924 g/mol. The Hall–Kier alpha value is -2.69. The topological polar surface area (TPSA) is 135 Å². The average Bonchev–Trinajstić information content (AvgIpc) is 3.28. The zero-order valence-electron chi connectivity index (χ0n) is 43.0. The monoisotopic (exact) mass is 924 g/mol. The molecular formula is C54H101NO10. The molecule has 0 aliphatic carbocycles. The molecule has 0 bridgehead atoms. The first-order valence-corrected chi connectivity index (χ1v) is 27.0. The maximum absolute atomic E-state index is 12.6. The van der Waals surface area contributed by atoms with Crippen molar-refractivity contribution in [3.63, 3.8) is 0 Å². The van der Waals surface area contributed by atoms with Crippen molar-refractivity contribution < 1.29 is 47.7 Å². The van der Waals surface area contributed by atoms with Gasteiger partial charge in [0.25, 0.3) is 0 Å². The van der Waals surface area contributed by atoms with E-state index in [-0.39, 0.29) is 50.4 Å². The number of rotatable bonds is 48. The zero-order chi connectivity index (χ0) is 48.0. The number of hydrogen-bond donors (Lipinski definition) is 0. The fourth-order valence-corrected chi connectivity index (χ4v) is 7.99. The van der Waals surface area contributed by atoms with E-state index in [1.807, 2.05) is 19.0 Å². The molecule has 0 fully saturated rings. The fraction of sp³-hybridized carbons (Fsp3) is 0.907. The Balaban J connectivity index is 4.50. The van der Waals surface area contributed by atoms with E-state index in [1.54, 1.807) is 0 Å². The summed E-state index contributed by atoms with van der Waals surface area (Å²) < 4.78 is 27.9. The van der Waals surface area contributed by atoms with Crippen molar-refractivity contribution in [2.24, 2.45) is 11.8 Å². The molecule has 0 spiro atoms. The van der Waals surface area contributed by atoms with Crippen molar-refractivity contribution in [3.8, 4) is 0 Å². The summed E-state index contributed by atoms with van der Waals surface area (Å²) in [5, 5.41) is 0. The molecule has 0 aromatic heterocycles. The van der Waals surface area contributed by atoms with Crippen LogP contribution >= 0.6 is 0 Å². The molecule has 11 heteroatoms. The molecule has 0 saturated heterocycles. The minimum Gasteiger partial charge on any atom is -0.465 e. The molecule has 0 amide bonds. The van der Waals surface area contributed by atoms with Gasteiger partial charge in [0.05, 0.1) is 13.2 Å². The number of hydrogen-bond acceptors (Lipinski definition) is 11. The third-order valence-corrected chi connectivity index (χ3v) is 12.2. The van der Waals surface area contributed by atoms with Crippen molar-refractivity contribution in [2.45, 2.75) is 259 Å². The van der Waals surface area contributed by atoms with Gasteiger partial charge in [-0.3, -0.25) is 24.0 Å². The van der Waals surface area contributed by atoms with Crippen LogP contribution in [0.5, 0.6) is 0 Å². The van der Waals surface area contributed by atoms with Crippen molar-refractivity contribution in [3.05, 3.63) is 0 Å². The molecule has 3 unspecified atom stereocenters. The van der Waals surface area contributed by atoms with Gasteiger partial charge < -0.3 is 28.6 Å². The molecule has 65 heavy (non-hydrogen) atoms. The van der Waals surface area contributed by atoms with Gasteiger partial charge in [-0.05, 0) is 90.3 Å². The highest BCUT2D eigenvalue weighted by atomic mass is 16.6. The van der Waals surface area contributed by atoms with Gasteiger partial charge in [-0.25, -0.2) is 0 Å². The van der Waals surface area contributed by atoms with Crippen molar-refractivity contribution in [2.75, 3.05) is 47.1 Å². The van der Waals surface area contributed by atoms with Crippen molar-refractivity contribution >= 4 is 29.8 Å². The number of ether oxygens (including phenoxy) is 5. The van der Waals surface area contributed by atoms with Crippen LogP contribution in [0.4, 0.5) is 0 Å². The van der Waals surface area contributed by atoms with Crippen LogP contribution in [0.15, 0.2) is 0 Å². The van der Waals surface area contributed by atoms with E-state index >= 15 is 0 Å². The van der Waals surface area contributed by atoms with Gasteiger partial charge in [0.1, 0.15) is 13.2 Å². The van der Waals surface area contributed by atoms with E-state index in [9.17, 15) is 24.0 Å². The SMILES string of the molecule is CCCCCCCCC(CCCCCC)COC(=O)CCCCCCC(=O)OCC(COC(=O)CCCCCCCC(=O)OCC(CCCC)CCCCCC)OC(=O)CCCN(C)C. The Labute approximate surface area is 398 Å². The molecule has 0 heterocycles. The fourth-order valence-electron chi connectivity index (χ4n) is 7.99. The van der Waals surface area contributed by atoms with Gasteiger partial charge in [0.15, 0.2) is 6.10 Å². The highest BCUT2D eigenvalue weighted by Gasteiger charge is 2.20. The summed E-state index contributed by atoms with van der Waals surface area (Å²) in [6, 6.07) is 0. The van der Waals surface area contributed by atoms with Crippen molar-refractivity contribution in [1.29, 1.82) is 0 Å². The summed E-state index contributed by atoms with van der Waals surface area (Å²) >= 11 is 0. The molecule has 0 aromatic carbocycles. The molecule has 0 radical (unpaired) electrons. The second-order valence-corrected chi connectivity index (χ2v) is 19.1. The first-order chi connectivity index (χ1) is 31.5. The van der Waals surface area contributed by atoms with Crippen LogP contribution in [0.2, 0.25) is 0 Å². The third kappa shape index (κ3) is 43.6. The molecule has 3 atom stereocenters. The molecule has 11 nitrogen and oxygen atoms in total. The normalized spacial score (nSPS) is 12.7. The van der Waals surface area contributed by atoms with E-state index in [1.165, 1.54) is 96.3 Å². The molecule has 0 saturated carbocycles. The number of esters is 5. The number of carbonyl (C=O) groups excluding carboxylic acids is 5. The van der Waals surface area contributed by atoms with E-state index < -0.39 is 18.0 Å². The molecule has 0 aliphatic heterocycles. The van der Waals surface area contributed by atoms with Crippen LogP contribution in [0.25, 0.3) is 0 Å². The van der Waals surface area contributed by atoms with Crippen LogP contribution in [-0.4, -0.2) is 87.9 Å². The summed E-state index contributed by atoms with van der Waals surface area (Å²) in [6.07, 6.45) is 32.6.